The number of anilines is 1. The first-order valence-electron chi connectivity index (χ1n) is 4.80. The molecule has 0 aliphatic carbocycles. The lowest BCUT2D eigenvalue weighted by Crippen LogP contribution is -2.28. The first-order valence-corrected chi connectivity index (χ1v) is 4.80. The lowest BCUT2D eigenvalue weighted by Gasteiger charge is -2.22. The van der Waals surface area contributed by atoms with Crippen molar-refractivity contribution in [2.45, 2.75) is 12.2 Å². The highest BCUT2D eigenvalue weighted by atomic mass is 16.4. The summed E-state index contributed by atoms with van der Waals surface area (Å²) in [6.45, 7) is 0. The Morgan fingerprint density at radius 1 is 1.25 bits per heavy atom. The zero-order valence-electron chi connectivity index (χ0n) is 9.16. The summed E-state index contributed by atoms with van der Waals surface area (Å²) in [5.74, 6) is -1.44. The van der Waals surface area contributed by atoms with Gasteiger partial charge in [0, 0.05) is 25.3 Å². The lowest BCUT2D eigenvalue weighted by molar-refractivity contribution is -0.153. The van der Waals surface area contributed by atoms with Crippen LogP contribution in [0.5, 0.6) is 0 Å². The van der Waals surface area contributed by atoms with E-state index in [-0.39, 0.29) is 0 Å². The molecule has 3 N–H and O–H groups in total. The average molecular weight is 225 g/mol. The van der Waals surface area contributed by atoms with Gasteiger partial charge in [-0.2, -0.15) is 0 Å². The highest BCUT2D eigenvalue weighted by molar-refractivity contribution is 5.73. The number of aliphatic carboxylic acids is 1. The molecule has 1 rings (SSSR count). The Hall–Kier alpha value is -1.59. The van der Waals surface area contributed by atoms with Crippen molar-refractivity contribution in [3.63, 3.8) is 0 Å². The van der Waals surface area contributed by atoms with Crippen LogP contribution in [-0.2, 0) is 4.79 Å². The van der Waals surface area contributed by atoms with E-state index in [1.54, 1.807) is 43.3 Å². The van der Waals surface area contributed by atoms with Crippen molar-refractivity contribution in [1.82, 2.24) is 0 Å². The normalized spacial score (nSPS) is 14.2. The highest BCUT2D eigenvalue weighted by Crippen LogP contribution is 2.27. The number of hydrogen-bond acceptors (Lipinski definition) is 4. The molecule has 0 amide bonds. The number of carbonyl (C=O) groups is 1. The third-order valence-electron chi connectivity index (χ3n) is 2.29. The minimum atomic E-state index is -1.82. The minimum absolute atomic E-state index is 0.391. The Morgan fingerprint density at radius 3 is 2.31 bits per heavy atom. The molecule has 0 heterocycles. The number of carboxylic acids is 1. The van der Waals surface area contributed by atoms with Gasteiger partial charge in [-0.25, -0.2) is 4.79 Å². The van der Waals surface area contributed by atoms with Crippen molar-refractivity contribution in [3.8, 4) is 0 Å². The molecule has 0 aliphatic rings. The van der Waals surface area contributed by atoms with Crippen molar-refractivity contribution in [1.29, 1.82) is 0 Å². The van der Waals surface area contributed by atoms with E-state index in [2.05, 4.69) is 0 Å². The molecular formula is C11H15NO4. The predicted octanol–water partition coefficient (Wildman–Crippen LogP) is 0.232. The second-order valence-corrected chi connectivity index (χ2v) is 3.68. The second kappa shape index (κ2) is 4.96. The smallest absolute Gasteiger partial charge is 0.335 e. The van der Waals surface area contributed by atoms with Crippen LogP contribution in [0.3, 0.4) is 0 Å². The standard InChI is InChI=1S/C11H15NO4/c1-12(2)8-6-4-3-5-7(8)9(13)10(14)11(15)16/h3-6,9-10,13-14H,1-2H3,(H,15,16). The summed E-state index contributed by atoms with van der Waals surface area (Å²) in [7, 11) is 3.55. The van der Waals surface area contributed by atoms with Crippen LogP contribution in [0.25, 0.3) is 0 Å². The molecule has 0 aliphatic heterocycles. The van der Waals surface area contributed by atoms with Gasteiger partial charge in [0.05, 0.1) is 0 Å². The molecule has 0 spiro atoms. The molecule has 0 radical (unpaired) electrons. The van der Waals surface area contributed by atoms with Crippen molar-refractivity contribution in [3.05, 3.63) is 29.8 Å². The van der Waals surface area contributed by atoms with Gasteiger partial charge in [-0.1, -0.05) is 18.2 Å². The van der Waals surface area contributed by atoms with Gasteiger partial charge in [0.2, 0.25) is 0 Å². The van der Waals surface area contributed by atoms with Crippen molar-refractivity contribution in [2.75, 3.05) is 19.0 Å². The average Bonchev–Trinajstić information content (AvgIpc) is 2.26. The summed E-state index contributed by atoms with van der Waals surface area (Å²) in [5, 5.41) is 27.6. The maximum Gasteiger partial charge on any atom is 0.335 e. The number of carboxylic acid groups (broad SMARTS) is 1. The maximum absolute atomic E-state index is 10.6. The molecule has 88 valence electrons. The Labute approximate surface area is 93.6 Å². The maximum atomic E-state index is 10.6. The number of para-hydroxylation sites is 1. The van der Waals surface area contributed by atoms with E-state index in [0.717, 1.165) is 0 Å². The van der Waals surface area contributed by atoms with Gasteiger partial charge in [0.1, 0.15) is 6.10 Å². The van der Waals surface area contributed by atoms with Crippen molar-refractivity contribution >= 4 is 11.7 Å². The molecule has 0 saturated heterocycles. The predicted molar refractivity (Wildman–Crippen MR) is 59.4 cm³/mol. The quantitative estimate of drug-likeness (QED) is 0.683. The molecular weight excluding hydrogens is 210 g/mol. The number of benzene rings is 1. The van der Waals surface area contributed by atoms with Gasteiger partial charge in [0.25, 0.3) is 0 Å². The zero-order valence-corrected chi connectivity index (χ0v) is 9.16. The molecule has 0 fully saturated rings. The van der Waals surface area contributed by atoms with E-state index in [1.165, 1.54) is 0 Å². The van der Waals surface area contributed by atoms with Gasteiger partial charge < -0.3 is 20.2 Å². The monoisotopic (exact) mass is 225 g/mol. The van der Waals surface area contributed by atoms with E-state index in [4.69, 9.17) is 5.11 Å². The van der Waals surface area contributed by atoms with Crippen LogP contribution in [-0.4, -0.2) is 41.5 Å². The van der Waals surface area contributed by atoms with E-state index in [9.17, 15) is 15.0 Å². The third-order valence-corrected chi connectivity index (χ3v) is 2.29. The largest absolute Gasteiger partial charge is 0.479 e. The second-order valence-electron chi connectivity index (χ2n) is 3.68. The van der Waals surface area contributed by atoms with Gasteiger partial charge in [-0.3, -0.25) is 0 Å². The molecule has 16 heavy (non-hydrogen) atoms. The van der Waals surface area contributed by atoms with Crippen LogP contribution in [0.2, 0.25) is 0 Å². The number of aliphatic hydroxyl groups excluding tert-OH is 2. The summed E-state index contributed by atoms with van der Waals surface area (Å²) in [5.41, 5.74) is 1.07. The molecule has 2 unspecified atom stereocenters. The van der Waals surface area contributed by atoms with E-state index >= 15 is 0 Å². The SMILES string of the molecule is CN(C)c1ccccc1C(O)C(O)C(=O)O. The van der Waals surface area contributed by atoms with E-state index < -0.39 is 18.2 Å². The third kappa shape index (κ3) is 2.50. The highest BCUT2D eigenvalue weighted by Gasteiger charge is 2.27. The molecule has 5 nitrogen and oxygen atoms in total. The fraction of sp³-hybridized carbons (Fsp3) is 0.364. The Bertz CT molecular complexity index is 378. The first kappa shape index (κ1) is 12.5. The zero-order chi connectivity index (χ0) is 12.3. The van der Waals surface area contributed by atoms with Crippen LogP contribution in [0.4, 0.5) is 5.69 Å². The topological polar surface area (TPSA) is 81.0 Å². The fourth-order valence-electron chi connectivity index (χ4n) is 1.45. The molecule has 0 bridgehead atoms. The molecule has 2 atom stereocenters. The lowest BCUT2D eigenvalue weighted by atomic mass is 10.0. The number of aliphatic hydroxyl groups is 2. The Kier molecular flexibility index (Phi) is 3.87. The molecule has 1 aromatic rings. The van der Waals surface area contributed by atoms with E-state index in [0.29, 0.717) is 11.3 Å². The van der Waals surface area contributed by atoms with E-state index in [1.807, 2.05) is 0 Å². The van der Waals surface area contributed by atoms with Gasteiger partial charge >= 0.3 is 5.97 Å². The Balaban J connectivity index is 3.07. The molecule has 0 saturated carbocycles. The summed E-state index contributed by atoms with van der Waals surface area (Å²) >= 11 is 0. The fourth-order valence-corrected chi connectivity index (χ4v) is 1.45. The number of hydrogen-bond donors (Lipinski definition) is 3. The number of nitrogens with zero attached hydrogens (tertiary/aromatic N) is 1. The molecule has 5 heteroatoms. The van der Waals surface area contributed by atoms with Gasteiger partial charge in [-0.15, -0.1) is 0 Å². The van der Waals surface area contributed by atoms with Crippen molar-refractivity contribution < 1.29 is 20.1 Å². The van der Waals surface area contributed by atoms with Crippen LogP contribution in [0.15, 0.2) is 24.3 Å². The van der Waals surface area contributed by atoms with Crippen molar-refractivity contribution in [2.24, 2.45) is 0 Å². The van der Waals surface area contributed by atoms with Crippen LogP contribution < -0.4 is 4.90 Å². The Morgan fingerprint density at radius 2 is 1.81 bits per heavy atom. The summed E-state index contributed by atoms with van der Waals surface area (Å²) in [6, 6.07) is 6.79. The molecule has 1 aromatic carbocycles. The summed E-state index contributed by atoms with van der Waals surface area (Å²) < 4.78 is 0. The van der Waals surface area contributed by atoms with Gasteiger partial charge in [0.15, 0.2) is 6.10 Å². The van der Waals surface area contributed by atoms with Crippen LogP contribution in [0, 0.1) is 0 Å². The first-order chi connectivity index (χ1) is 7.45. The number of rotatable bonds is 4. The van der Waals surface area contributed by atoms with Gasteiger partial charge in [-0.05, 0) is 6.07 Å². The minimum Gasteiger partial charge on any atom is -0.479 e. The summed E-state index contributed by atoms with van der Waals surface area (Å²) in [6.07, 6.45) is -3.25. The van der Waals surface area contributed by atoms with Crippen LogP contribution in [0.1, 0.15) is 11.7 Å². The summed E-state index contributed by atoms with van der Waals surface area (Å²) in [4.78, 5) is 12.3. The van der Waals surface area contributed by atoms with Crippen LogP contribution >= 0.6 is 0 Å². The molecule has 0 aromatic heterocycles.